The van der Waals surface area contributed by atoms with E-state index in [4.69, 9.17) is 4.74 Å². The maximum atomic E-state index is 13.6. The molecule has 37 heavy (non-hydrogen) atoms. The Morgan fingerprint density at radius 3 is 2.35 bits per heavy atom. The van der Waals surface area contributed by atoms with Crippen molar-refractivity contribution in [3.05, 3.63) is 117 Å². The van der Waals surface area contributed by atoms with E-state index in [2.05, 4.69) is 15.9 Å². The summed E-state index contributed by atoms with van der Waals surface area (Å²) in [4.78, 5) is 28.4. The molecule has 2 aliphatic rings. The first-order valence-electron chi connectivity index (χ1n) is 11.9. The van der Waals surface area contributed by atoms with Gasteiger partial charge in [-0.3, -0.25) is 10.1 Å². The molecule has 7 nitrogen and oxygen atoms in total. The van der Waals surface area contributed by atoms with Gasteiger partial charge in [0.25, 0.3) is 5.69 Å². The van der Waals surface area contributed by atoms with Gasteiger partial charge >= 0.3 is 5.97 Å². The number of hydrogen-bond acceptors (Lipinski definition) is 6. The van der Waals surface area contributed by atoms with Crippen LogP contribution in [-0.4, -0.2) is 17.6 Å². The van der Waals surface area contributed by atoms with Gasteiger partial charge in [-0.1, -0.05) is 24.3 Å². The summed E-state index contributed by atoms with van der Waals surface area (Å²) in [6.07, 6.45) is 0. The molecule has 2 bridgehead atoms. The molecule has 0 radical (unpaired) electrons. The number of fused-ring (bicyclic) bond motifs is 6. The van der Waals surface area contributed by atoms with Crippen LogP contribution in [0.1, 0.15) is 27.0 Å². The lowest BCUT2D eigenvalue weighted by Crippen LogP contribution is -2.46. The molecule has 4 aromatic carbocycles. The van der Waals surface area contributed by atoms with Gasteiger partial charge in [-0.25, -0.2) is 9.18 Å². The normalized spacial score (nSPS) is 13.6. The molecule has 0 atom stereocenters. The summed E-state index contributed by atoms with van der Waals surface area (Å²) >= 11 is 0. The first-order valence-corrected chi connectivity index (χ1v) is 11.9. The molecule has 0 saturated heterocycles. The second-order valence-corrected chi connectivity index (χ2v) is 9.30. The zero-order valence-corrected chi connectivity index (χ0v) is 20.0. The number of nitrogens with zero attached hydrogens (tertiary/aromatic N) is 3. The van der Waals surface area contributed by atoms with Gasteiger partial charge < -0.3 is 14.5 Å². The molecule has 0 saturated carbocycles. The Hall–Kier alpha value is -4.72. The van der Waals surface area contributed by atoms with Crippen LogP contribution in [0.5, 0.6) is 5.75 Å². The van der Waals surface area contributed by atoms with Gasteiger partial charge in [-0.2, -0.15) is 0 Å². The van der Waals surface area contributed by atoms with Crippen LogP contribution in [0.3, 0.4) is 0 Å². The van der Waals surface area contributed by atoms with Gasteiger partial charge in [-0.15, -0.1) is 0 Å². The first kappa shape index (κ1) is 22.7. The molecule has 0 fully saturated rings. The monoisotopic (exact) mass is 495 g/mol. The number of non-ortho nitro benzene ring substituents is 1. The van der Waals surface area contributed by atoms with E-state index < -0.39 is 11.8 Å². The third-order valence-corrected chi connectivity index (χ3v) is 6.89. The lowest BCUT2D eigenvalue weighted by Gasteiger charge is -2.44. The topological polar surface area (TPSA) is 75.9 Å². The Balaban J connectivity index is 1.35. The Morgan fingerprint density at radius 2 is 1.62 bits per heavy atom. The number of nitro groups is 1. The summed E-state index contributed by atoms with van der Waals surface area (Å²) in [5.74, 6) is -0.881. The van der Waals surface area contributed by atoms with Gasteiger partial charge in [0, 0.05) is 48.2 Å². The third kappa shape index (κ3) is 4.06. The fourth-order valence-corrected chi connectivity index (χ4v) is 5.25. The number of carbonyl (C=O) groups excluding carboxylic acids is 1. The van der Waals surface area contributed by atoms with Crippen LogP contribution >= 0.6 is 0 Å². The Morgan fingerprint density at radius 1 is 0.919 bits per heavy atom. The van der Waals surface area contributed by atoms with Crippen molar-refractivity contribution in [3.63, 3.8) is 0 Å². The van der Waals surface area contributed by atoms with Crippen LogP contribution < -0.4 is 14.5 Å². The van der Waals surface area contributed by atoms with Crippen molar-refractivity contribution < 1.29 is 18.8 Å². The van der Waals surface area contributed by atoms with Gasteiger partial charge in [0.1, 0.15) is 11.6 Å². The van der Waals surface area contributed by atoms with E-state index in [0.717, 1.165) is 39.2 Å². The molecule has 0 spiro atoms. The maximum absolute atomic E-state index is 13.6. The molecule has 0 amide bonds. The van der Waals surface area contributed by atoms with Crippen molar-refractivity contribution in [1.29, 1.82) is 0 Å². The van der Waals surface area contributed by atoms with Gasteiger partial charge in [0.05, 0.1) is 17.2 Å². The SMILES string of the molecule is Cc1cccc(C(=O)Oc2cccc(F)c2)c1-c1ccc2c(c1)CN1CN2Cc2cc([N+](=O)[O-])ccc21. The number of hydrogen-bond donors (Lipinski definition) is 0. The molecule has 0 N–H and O–H groups in total. The number of anilines is 2. The van der Waals surface area contributed by atoms with E-state index in [1.807, 2.05) is 31.2 Å². The van der Waals surface area contributed by atoms with Crippen molar-refractivity contribution in [2.75, 3.05) is 16.5 Å². The van der Waals surface area contributed by atoms with E-state index in [9.17, 15) is 19.3 Å². The average Bonchev–Trinajstić information content (AvgIpc) is 2.88. The average molecular weight is 496 g/mol. The van der Waals surface area contributed by atoms with E-state index in [1.54, 1.807) is 30.3 Å². The van der Waals surface area contributed by atoms with Gasteiger partial charge in [0.2, 0.25) is 0 Å². The van der Waals surface area contributed by atoms with Crippen LogP contribution in [0, 0.1) is 22.9 Å². The number of ether oxygens (including phenoxy) is 1. The standard InChI is InChI=1S/C29H22FN3O4/c1-18-4-2-7-25(29(34)37-24-6-3-5-22(30)14-24)28(18)19-8-10-26-20(12-19)15-31-17-32(26)16-21-13-23(33(35)36)9-11-27(21)31/h2-14H,15-17H2,1H3. The van der Waals surface area contributed by atoms with E-state index in [0.29, 0.717) is 25.3 Å². The molecule has 0 aliphatic carbocycles. The summed E-state index contributed by atoms with van der Waals surface area (Å²) in [6, 6.07) is 22.1. The molecular formula is C29H22FN3O4. The largest absolute Gasteiger partial charge is 0.423 e. The van der Waals surface area contributed by atoms with Crippen molar-refractivity contribution in [3.8, 4) is 16.9 Å². The Kier molecular flexibility index (Phi) is 5.37. The van der Waals surface area contributed by atoms with Crippen molar-refractivity contribution >= 4 is 23.0 Å². The minimum atomic E-state index is -0.554. The van der Waals surface area contributed by atoms with Crippen LogP contribution in [0.15, 0.2) is 78.9 Å². The highest BCUT2D eigenvalue weighted by Gasteiger charge is 2.31. The molecule has 6 rings (SSSR count). The van der Waals surface area contributed by atoms with Crippen LogP contribution in [-0.2, 0) is 13.1 Å². The Labute approximate surface area is 212 Å². The number of halogens is 1. The summed E-state index contributed by atoms with van der Waals surface area (Å²) in [5.41, 5.74) is 7.15. The molecule has 2 aliphatic heterocycles. The quantitative estimate of drug-likeness (QED) is 0.145. The van der Waals surface area contributed by atoms with E-state index >= 15 is 0 Å². The molecular weight excluding hydrogens is 473 g/mol. The predicted octanol–water partition coefficient (Wildman–Crippen LogP) is 6.23. The number of rotatable bonds is 4. The maximum Gasteiger partial charge on any atom is 0.344 e. The number of nitro benzene ring substituents is 1. The van der Waals surface area contributed by atoms with Crippen molar-refractivity contribution in [2.24, 2.45) is 0 Å². The number of aryl methyl sites for hydroxylation is 1. The smallest absolute Gasteiger partial charge is 0.344 e. The summed E-state index contributed by atoms with van der Waals surface area (Å²) in [5, 5.41) is 11.3. The number of esters is 1. The van der Waals surface area contributed by atoms with Crippen molar-refractivity contribution in [1.82, 2.24) is 0 Å². The molecule has 184 valence electrons. The third-order valence-electron chi connectivity index (χ3n) is 6.89. The number of benzene rings is 4. The lowest BCUT2D eigenvalue weighted by atomic mass is 9.92. The lowest BCUT2D eigenvalue weighted by molar-refractivity contribution is -0.384. The van der Waals surface area contributed by atoms with E-state index in [1.165, 1.54) is 18.2 Å². The highest BCUT2D eigenvalue weighted by Crippen LogP contribution is 2.41. The van der Waals surface area contributed by atoms with Gasteiger partial charge in [0.15, 0.2) is 0 Å². The minimum absolute atomic E-state index is 0.0916. The predicted molar refractivity (Wildman–Crippen MR) is 138 cm³/mol. The first-order chi connectivity index (χ1) is 17.9. The minimum Gasteiger partial charge on any atom is -0.423 e. The van der Waals surface area contributed by atoms with Gasteiger partial charge in [-0.05, 0) is 65.6 Å². The molecule has 0 aromatic heterocycles. The highest BCUT2D eigenvalue weighted by atomic mass is 19.1. The highest BCUT2D eigenvalue weighted by molar-refractivity contribution is 5.99. The fourth-order valence-electron chi connectivity index (χ4n) is 5.25. The summed E-state index contributed by atoms with van der Waals surface area (Å²) in [6.45, 7) is 3.86. The zero-order valence-electron chi connectivity index (χ0n) is 20.0. The molecule has 0 unspecified atom stereocenters. The van der Waals surface area contributed by atoms with Crippen LogP contribution in [0.25, 0.3) is 11.1 Å². The molecule has 4 aromatic rings. The van der Waals surface area contributed by atoms with Crippen LogP contribution in [0.4, 0.5) is 21.5 Å². The second kappa shape index (κ2) is 8.74. The number of carbonyl (C=O) groups is 1. The summed E-state index contributed by atoms with van der Waals surface area (Å²) in [7, 11) is 0. The Bertz CT molecular complexity index is 1590. The molecule has 8 heteroatoms. The second-order valence-electron chi connectivity index (χ2n) is 9.30. The summed E-state index contributed by atoms with van der Waals surface area (Å²) < 4.78 is 19.1. The zero-order chi connectivity index (χ0) is 25.7. The van der Waals surface area contributed by atoms with E-state index in [-0.39, 0.29) is 16.4 Å². The fraction of sp³-hybridized carbons (Fsp3) is 0.138. The van der Waals surface area contributed by atoms with Crippen molar-refractivity contribution in [2.45, 2.75) is 20.0 Å². The molecule has 2 heterocycles. The van der Waals surface area contributed by atoms with Crippen LogP contribution in [0.2, 0.25) is 0 Å².